The van der Waals surface area contributed by atoms with Gasteiger partial charge in [0, 0.05) is 69.4 Å². The van der Waals surface area contributed by atoms with Crippen LogP contribution in [0.2, 0.25) is 0 Å². The molecule has 0 saturated carbocycles. The molecule has 0 bridgehead atoms. The van der Waals surface area contributed by atoms with Crippen LogP contribution < -0.4 is 14.4 Å². The second-order valence-electron chi connectivity index (χ2n) is 10.7. The van der Waals surface area contributed by atoms with E-state index in [2.05, 4.69) is 11.9 Å². The predicted octanol–water partition coefficient (Wildman–Crippen LogP) is 3.93. The van der Waals surface area contributed by atoms with Gasteiger partial charge >= 0.3 is 6.03 Å². The molecule has 2 saturated heterocycles. The topological polar surface area (TPSA) is 98.6 Å². The van der Waals surface area contributed by atoms with Crippen molar-refractivity contribution in [3.05, 3.63) is 48.3 Å². The van der Waals surface area contributed by atoms with Crippen molar-refractivity contribution in [2.45, 2.75) is 45.4 Å². The van der Waals surface area contributed by atoms with Crippen LogP contribution in [-0.4, -0.2) is 97.6 Å². The minimum absolute atomic E-state index is 0.0164. The highest BCUT2D eigenvalue weighted by Crippen LogP contribution is 2.34. The van der Waals surface area contributed by atoms with Crippen molar-refractivity contribution in [3.8, 4) is 11.5 Å². The normalized spacial score (nSPS) is 17.4. The first-order valence-electron chi connectivity index (χ1n) is 14.7. The molecule has 11 nitrogen and oxygen atoms in total. The fourth-order valence-corrected chi connectivity index (χ4v) is 5.54. The molecule has 0 aliphatic carbocycles. The predicted molar refractivity (Wildman–Crippen MR) is 159 cm³/mol. The summed E-state index contributed by atoms with van der Waals surface area (Å²) in [5, 5.41) is 0.933. The number of amides is 3. The average Bonchev–Trinajstić information content (AvgIpc) is 3.59. The molecule has 11 heteroatoms. The lowest BCUT2D eigenvalue weighted by molar-refractivity contribution is -0.141. The number of carbonyl (C=O) groups is 2. The Morgan fingerprint density at radius 2 is 1.98 bits per heavy atom. The molecular formula is C31H41N5O6. The number of carbonyl (C=O) groups excluding carboxylic acids is 2. The van der Waals surface area contributed by atoms with Gasteiger partial charge < -0.3 is 33.3 Å². The van der Waals surface area contributed by atoms with Gasteiger partial charge in [0.15, 0.2) is 11.5 Å². The fourth-order valence-electron chi connectivity index (χ4n) is 5.54. The van der Waals surface area contributed by atoms with E-state index in [0.29, 0.717) is 64.0 Å². The van der Waals surface area contributed by atoms with Crippen LogP contribution in [0.15, 0.2) is 42.7 Å². The Kier molecular flexibility index (Phi) is 9.81. The van der Waals surface area contributed by atoms with E-state index in [1.54, 1.807) is 25.3 Å². The number of benzene rings is 1. The molecule has 226 valence electrons. The Labute approximate surface area is 246 Å². The first-order valence-corrected chi connectivity index (χ1v) is 14.7. The SMILES string of the molecule is CCCCCOc1cc(N2CCN(Cc3ccnc4c3ccn4CC(=O)N3CCOC(COC)C3)C2=O)ccc1OC. The number of methoxy groups -OCH3 is 2. The van der Waals surface area contributed by atoms with E-state index < -0.39 is 0 Å². The lowest BCUT2D eigenvalue weighted by Gasteiger charge is -2.32. The zero-order valence-electron chi connectivity index (χ0n) is 24.8. The number of nitrogens with zero attached hydrogens (tertiary/aromatic N) is 5. The van der Waals surface area contributed by atoms with Gasteiger partial charge in [-0.15, -0.1) is 0 Å². The molecule has 5 rings (SSSR count). The van der Waals surface area contributed by atoms with Crippen molar-refractivity contribution in [3.63, 3.8) is 0 Å². The number of urea groups is 1. The van der Waals surface area contributed by atoms with Crippen LogP contribution >= 0.6 is 0 Å². The summed E-state index contributed by atoms with van der Waals surface area (Å²) in [6.45, 7) is 6.61. The highest BCUT2D eigenvalue weighted by Gasteiger charge is 2.31. The summed E-state index contributed by atoms with van der Waals surface area (Å²) in [4.78, 5) is 36.6. The summed E-state index contributed by atoms with van der Waals surface area (Å²) in [6.07, 6.45) is 6.72. The van der Waals surface area contributed by atoms with Crippen LogP contribution in [0.4, 0.5) is 10.5 Å². The Morgan fingerprint density at radius 3 is 2.79 bits per heavy atom. The van der Waals surface area contributed by atoms with Crippen molar-refractivity contribution >= 4 is 28.7 Å². The number of morpholine rings is 1. The van der Waals surface area contributed by atoms with Crippen molar-refractivity contribution in [2.75, 3.05) is 65.1 Å². The zero-order chi connectivity index (χ0) is 29.5. The van der Waals surface area contributed by atoms with Gasteiger partial charge in [-0.25, -0.2) is 9.78 Å². The van der Waals surface area contributed by atoms with E-state index in [9.17, 15) is 9.59 Å². The molecular weight excluding hydrogens is 538 g/mol. The summed E-state index contributed by atoms with van der Waals surface area (Å²) in [5.41, 5.74) is 2.50. The average molecular weight is 580 g/mol. The molecule has 3 amide bonds. The number of unbranched alkanes of at least 4 members (excludes halogenated alkanes) is 2. The maximum atomic E-state index is 13.5. The minimum atomic E-state index is -0.112. The van der Waals surface area contributed by atoms with E-state index in [1.165, 1.54) is 0 Å². The Hall–Kier alpha value is -3.83. The van der Waals surface area contributed by atoms with Gasteiger partial charge in [-0.2, -0.15) is 0 Å². The van der Waals surface area contributed by atoms with Gasteiger partial charge in [0.25, 0.3) is 0 Å². The first kappa shape index (κ1) is 29.7. The first-order chi connectivity index (χ1) is 20.5. The second-order valence-corrected chi connectivity index (χ2v) is 10.7. The molecule has 0 radical (unpaired) electrons. The standard InChI is InChI=1S/C31H41N5O6/c1-4-5-6-16-42-28-18-24(7-8-27(28)40-3)36-14-13-35(31(36)38)19-23-9-11-32-30-26(23)10-12-34(30)21-29(37)33-15-17-41-25(20-33)22-39-2/h7-12,18,25H,4-6,13-17,19-22H2,1-3H3. The van der Waals surface area contributed by atoms with Crippen LogP contribution in [0, 0.1) is 0 Å². The molecule has 0 spiro atoms. The second kappa shape index (κ2) is 13.9. The third-order valence-electron chi connectivity index (χ3n) is 7.82. The van der Waals surface area contributed by atoms with Crippen molar-refractivity contribution in [1.29, 1.82) is 0 Å². The zero-order valence-corrected chi connectivity index (χ0v) is 24.8. The van der Waals surface area contributed by atoms with Gasteiger partial charge in [0.2, 0.25) is 5.91 Å². The van der Waals surface area contributed by atoms with Gasteiger partial charge in [-0.05, 0) is 36.2 Å². The summed E-state index contributed by atoms with van der Waals surface area (Å²) in [5.74, 6) is 1.32. The minimum Gasteiger partial charge on any atom is -0.493 e. The Morgan fingerprint density at radius 1 is 1.10 bits per heavy atom. The molecule has 2 aliphatic rings. The van der Waals surface area contributed by atoms with Crippen LogP contribution in [0.5, 0.6) is 11.5 Å². The lowest BCUT2D eigenvalue weighted by atomic mass is 10.2. The molecule has 2 fully saturated rings. The van der Waals surface area contributed by atoms with Crippen molar-refractivity contribution in [1.82, 2.24) is 19.4 Å². The smallest absolute Gasteiger partial charge is 0.324 e. The van der Waals surface area contributed by atoms with E-state index in [-0.39, 0.29) is 24.6 Å². The third-order valence-corrected chi connectivity index (χ3v) is 7.82. The highest BCUT2D eigenvalue weighted by atomic mass is 16.5. The van der Waals surface area contributed by atoms with E-state index in [4.69, 9.17) is 18.9 Å². The molecule has 2 aliphatic heterocycles. The monoisotopic (exact) mass is 579 g/mol. The van der Waals surface area contributed by atoms with Gasteiger partial charge in [-0.1, -0.05) is 19.8 Å². The molecule has 1 unspecified atom stereocenters. The van der Waals surface area contributed by atoms with Crippen molar-refractivity contribution < 1.29 is 28.5 Å². The summed E-state index contributed by atoms with van der Waals surface area (Å²) >= 11 is 0. The van der Waals surface area contributed by atoms with Gasteiger partial charge in [0.1, 0.15) is 12.2 Å². The maximum absolute atomic E-state index is 13.5. The molecule has 1 aromatic carbocycles. The van der Waals surface area contributed by atoms with E-state index in [0.717, 1.165) is 41.5 Å². The van der Waals surface area contributed by atoms with Crippen LogP contribution in [0.3, 0.4) is 0 Å². The van der Waals surface area contributed by atoms with E-state index in [1.807, 2.05) is 50.9 Å². The quantitative estimate of drug-likeness (QED) is 0.283. The number of ether oxygens (including phenoxy) is 4. The van der Waals surface area contributed by atoms with Crippen molar-refractivity contribution in [2.24, 2.45) is 0 Å². The van der Waals surface area contributed by atoms with E-state index >= 15 is 0 Å². The Bertz CT molecular complexity index is 1380. The van der Waals surface area contributed by atoms with Gasteiger partial charge in [0.05, 0.1) is 33.0 Å². The van der Waals surface area contributed by atoms with Crippen LogP contribution in [0.1, 0.15) is 31.7 Å². The number of rotatable bonds is 13. The molecule has 4 heterocycles. The van der Waals surface area contributed by atoms with Gasteiger partial charge in [-0.3, -0.25) is 9.69 Å². The highest BCUT2D eigenvalue weighted by molar-refractivity contribution is 5.95. The third kappa shape index (κ3) is 6.63. The number of hydrogen-bond acceptors (Lipinski definition) is 7. The number of pyridine rings is 1. The summed E-state index contributed by atoms with van der Waals surface area (Å²) < 4.78 is 24.2. The summed E-state index contributed by atoms with van der Waals surface area (Å²) in [7, 11) is 3.25. The number of fused-ring (bicyclic) bond motifs is 1. The lowest BCUT2D eigenvalue weighted by Crippen LogP contribution is -2.48. The Balaban J connectivity index is 1.25. The van der Waals surface area contributed by atoms with Crippen LogP contribution in [0.25, 0.3) is 11.0 Å². The number of aromatic nitrogens is 2. The number of anilines is 1. The summed E-state index contributed by atoms with van der Waals surface area (Å²) in [6, 6.07) is 9.49. The largest absolute Gasteiger partial charge is 0.493 e. The molecule has 0 N–H and O–H groups in total. The fraction of sp³-hybridized carbons (Fsp3) is 0.516. The molecule has 1 atom stereocenters. The number of hydrogen-bond donors (Lipinski definition) is 0. The van der Waals surface area contributed by atoms with Crippen LogP contribution in [-0.2, 0) is 27.4 Å². The maximum Gasteiger partial charge on any atom is 0.324 e. The molecule has 42 heavy (non-hydrogen) atoms. The molecule has 3 aromatic rings. The molecule has 2 aromatic heterocycles.